The van der Waals surface area contributed by atoms with Gasteiger partial charge in [0.2, 0.25) is 10.0 Å². The maximum Gasteiger partial charge on any atom is 0.211 e. The Morgan fingerprint density at radius 2 is 2.00 bits per heavy atom. The van der Waals surface area contributed by atoms with Crippen molar-refractivity contribution in [3.05, 3.63) is 18.2 Å². The van der Waals surface area contributed by atoms with Gasteiger partial charge in [-0.3, -0.25) is 0 Å². The molecule has 1 heterocycles. The van der Waals surface area contributed by atoms with Gasteiger partial charge in [0.05, 0.1) is 24.7 Å². The number of piperidine rings is 1. The van der Waals surface area contributed by atoms with Crippen LogP contribution in [0.2, 0.25) is 0 Å². The molecule has 20 heavy (non-hydrogen) atoms. The molecule has 0 aliphatic carbocycles. The van der Waals surface area contributed by atoms with Crippen molar-refractivity contribution < 1.29 is 13.2 Å². The van der Waals surface area contributed by atoms with Gasteiger partial charge in [-0.1, -0.05) is 0 Å². The van der Waals surface area contributed by atoms with Crippen molar-refractivity contribution in [2.45, 2.75) is 18.9 Å². The number of hydrogen-bond acceptors (Lipinski definition) is 5. The Kier molecular flexibility index (Phi) is 4.39. The summed E-state index contributed by atoms with van der Waals surface area (Å²) >= 11 is 0. The van der Waals surface area contributed by atoms with Crippen LogP contribution in [0.4, 0.5) is 11.4 Å². The monoisotopic (exact) mass is 299 g/mol. The number of nitrogen functional groups attached to an aromatic ring is 1. The van der Waals surface area contributed by atoms with Crippen molar-refractivity contribution in [3.8, 4) is 5.75 Å². The van der Waals surface area contributed by atoms with E-state index in [4.69, 9.17) is 10.5 Å². The van der Waals surface area contributed by atoms with Gasteiger partial charge in [-0.2, -0.15) is 0 Å². The highest BCUT2D eigenvalue weighted by Crippen LogP contribution is 2.26. The number of anilines is 2. The fourth-order valence-corrected chi connectivity index (χ4v) is 3.23. The molecule has 1 aliphatic heterocycles. The van der Waals surface area contributed by atoms with Crippen molar-refractivity contribution in [1.29, 1.82) is 0 Å². The van der Waals surface area contributed by atoms with Gasteiger partial charge in [0.25, 0.3) is 0 Å². The van der Waals surface area contributed by atoms with E-state index in [9.17, 15) is 8.42 Å². The lowest BCUT2D eigenvalue weighted by Gasteiger charge is -2.31. The summed E-state index contributed by atoms with van der Waals surface area (Å²) in [5.74, 6) is 0.722. The number of methoxy groups -OCH3 is 1. The van der Waals surface area contributed by atoms with Gasteiger partial charge in [-0.25, -0.2) is 12.7 Å². The van der Waals surface area contributed by atoms with Crippen LogP contribution in [0.3, 0.4) is 0 Å². The molecular weight excluding hydrogens is 278 g/mol. The first-order valence-electron chi connectivity index (χ1n) is 6.55. The van der Waals surface area contributed by atoms with Crippen LogP contribution in [-0.4, -0.2) is 45.2 Å². The predicted octanol–water partition coefficient (Wildman–Crippen LogP) is 1.11. The van der Waals surface area contributed by atoms with Gasteiger partial charge in [-0.05, 0) is 25.0 Å². The highest BCUT2D eigenvalue weighted by molar-refractivity contribution is 7.88. The lowest BCUT2D eigenvalue weighted by Crippen LogP contribution is -2.41. The normalized spacial score (nSPS) is 17.9. The number of sulfonamides is 1. The lowest BCUT2D eigenvalue weighted by atomic mass is 10.1. The minimum atomic E-state index is -3.08. The summed E-state index contributed by atoms with van der Waals surface area (Å²) in [7, 11) is -1.48. The number of benzene rings is 1. The number of nitrogens with two attached hydrogens (primary N) is 1. The minimum Gasteiger partial charge on any atom is -0.497 e. The highest BCUT2D eigenvalue weighted by atomic mass is 32.2. The average molecular weight is 299 g/mol. The van der Waals surface area contributed by atoms with E-state index >= 15 is 0 Å². The predicted molar refractivity (Wildman–Crippen MR) is 80.5 cm³/mol. The van der Waals surface area contributed by atoms with Crippen LogP contribution in [0.1, 0.15) is 12.8 Å². The van der Waals surface area contributed by atoms with Gasteiger partial charge in [0.1, 0.15) is 5.75 Å². The number of nitrogens with zero attached hydrogens (tertiary/aromatic N) is 1. The fraction of sp³-hybridized carbons (Fsp3) is 0.538. The molecule has 0 amide bonds. The van der Waals surface area contributed by atoms with Crippen LogP contribution in [0, 0.1) is 0 Å². The summed E-state index contributed by atoms with van der Waals surface area (Å²) in [4.78, 5) is 0. The van der Waals surface area contributed by atoms with E-state index in [1.165, 1.54) is 10.6 Å². The number of hydrogen-bond donors (Lipinski definition) is 2. The molecule has 1 aromatic carbocycles. The Balaban J connectivity index is 1.96. The molecule has 0 saturated carbocycles. The Labute approximate surface area is 120 Å². The van der Waals surface area contributed by atoms with Crippen molar-refractivity contribution in [2.24, 2.45) is 0 Å². The van der Waals surface area contributed by atoms with Crippen LogP contribution in [0.15, 0.2) is 18.2 Å². The van der Waals surface area contributed by atoms with Gasteiger partial charge in [-0.15, -0.1) is 0 Å². The molecule has 0 radical (unpaired) electrons. The maximum atomic E-state index is 11.4. The molecule has 112 valence electrons. The van der Waals surface area contributed by atoms with Gasteiger partial charge >= 0.3 is 0 Å². The Bertz CT molecular complexity index is 566. The molecule has 3 N–H and O–H groups in total. The van der Waals surface area contributed by atoms with E-state index in [0.717, 1.165) is 24.3 Å². The number of nitrogens with one attached hydrogen (secondary N) is 1. The van der Waals surface area contributed by atoms with E-state index in [0.29, 0.717) is 18.8 Å². The third-order valence-electron chi connectivity index (χ3n) is 3.54. The van der Waals surface area contributed by atoms with Crippen LogP contribution in [0.5, 0.6) is 5.75 Å². The third kappa shape index (κ3) is 3.55. The smallest absolute Gasteiger partial charge is 0.211 e. The second-order valence-electron chi connectivity index (χ2n) is 5.03. The largest absolute Gasteiger partial charge is 0.497 e. The van der Waals surface area contributed by atoms with Gasteiger partial charge < -0.3 is 15.8 Å². The fourth-order valence-electron chi connectivity index (χ4n) is 2.35. The van der Waals surface area contributed by atoms with Crippen LogP contribution in [-0.2, 0) is 10.0 Å². The van der Waals surface area contributed by atoms with Crippen LogP contribution in [0.25, 0.3) is 0 Å². The van der Waals surface area contributed by atoms with Crippen molar-refractivity contribution in [3.63, 3.8) is 0 Å². The van der Waals surface area contributed by atoms with E-state index in [1.807, 2.05) is 12.1 Å². The molecule has 7 heteroatoms. The Morgan fingerprint density at radius 3 is 2.50 bits per heavy atom. The second-order valence-corrected chi connectivity index (χ2v) is 7.02. The molecule has 1 saturated heterocycles. The van der Waals surface area contributed by atoms with Gasteiger partial charge in [0, 0.05) is 25.2 Å². The van der Waals surface area contributed by atoms with E-state index in [1.54, 1.807) is 13.2 Å². The first-order valence-corrected chi connectivity index (χ1v) is 8.40. The summed E-state index contributed by atoms with van der Waals surface area (Å²) in [6.07, 6.45) is 2.80. The summed E-state index contributed by atoms with van der Waals surface area (Å²) in [6.45, 7) is 1.10. The molecule has 1 aliphatic rings. The zero-order chi connectivity index (χ0) is 14.8. The first-order chi connectivity index (χ1) is 9.40. The SMILES string of the molecule is COc1ccc(NC2CCN(S(C)(=O)=O)CC2)c(N)c1. The zero-order valence-electron chi connectivity index (χ0n) is 11.8. The van der Waals surface area contributed by atoms with E-state index < -0.39 is 10.0 Å². The molecule has 1 fully saturated rings. The van der Waals surface area contributed by atoms with Crippen LogP contribution < -0.4 is 15.8 Å². The standard InChI is InChI=1S/C13H21N3O3S/c1-19-11-3-4-13(12(14)9-11)15-10-5-7-16(8-6-10)20(2,17)18/h3-4,9-10,15H,5-8,14H2,1-2H3. The molecule has 0 spiro atoms. The number of ether oxygens (including phenoxy) is 1. The van der Waals surface area contributed by atoms with Gasteiger partial charge in [0.15, 0.2) is 0 Å². The molecule has 1 aromatic rings. The second kappa shape index (κ2) is 5.88. The Morgan fingerprint density at radius 1 is 1.35 bits per heavy atom. The molecule has 0 atom stereocenters. The molecule has 2 rings (SSSR count). The molecule has 6 nitrogen and oxygen atoms in total. The van der Waals surface area contributed by atoms with E-state index in [2.05, 4.69) is 5.32 Å². The highest BCUT2D eigenvalue weighted by Gasteiger charge is 2.24. The van der Waals surface area contributed by atoms with E-state index in [-0.39, 0.29) is 6.04 Å². The summed E-state index contributed by atoms with van der Waals surface area (Å²) < 4.78 is 29.5. The molecular formula is C13H21N3O3S. The van der Waals surface area contributed by atoms with Crippen molar-refractivity contribution in [1.82, 2.24) is 4.31 Å². The average Bonchev–Trinajstić information content (AvgIpc) is 2.40. The summed E-state index contributed by atoms with van der Waals surface area (Å²) in [6, 6.07) is 5.75. The topological polar surface area (TPSA) is 84.7 Å². The minimum absolute atomic E-state index is 0.240. The summed E-state index contributed by atoms with van der Waals surface area (Å²) in [5, 5.41) is 3.37. The summed E-state index contributed by atoms with van der Waals surface area (Å²) in [5.41, 5.74) is 7.46. The first kappa shape index (κ1) is 14.9. The molecule has 0 bridgehead atoms. The van der Waals surface area contributed by atoms with Crippen molar-refractivity contribution >= 4 is 21.4 Å². The third-order valence-corrected chi connectivity index (χ3v) is 4.84. The van der Waals surface area contributed by atoms with Crippen molar-refractivity contribution in [2.75, 3.05) is 37.5 Å². The Hall–Kier alpha value is -1.47. The van der Waals surface area contributed by atoms with Crippen LogP contribution >= 0.6 is 0 Å². The molecule has 0 aromatic heterocycles. The molecule has 0 unspecified atom stereocenters. The quantitative estimate of drug-likeness (QED) is 0.814. The lowest BCUT2D eigenvalue weighted by molar-refractivity contribution is 0.332. The zero-order valence-corrected chi connectivity index (χ0v) is 12.6. The maximum absolute atomic E-state index is 11.4. The number of rotatable bonds is 4.